The maximum Gasteiger partial charge on any atom is 0.103 e. The first-order valence-corrected chi connectivity index (χ1v) is 4.30. The highest BCUT2D eigenvalue weighted by Crippen LogP contribution is 2.36. The van der Waals surface area contributed by atoms with Crippen molar-refractivity contribution in [2.45, 2.75) is 12.5 Å². The van der Waals surface area contributed by atoms with Crippen molar-refractivity contribution < 1.29 is 10.2 Å². The second-order valence-corrected chi connectivity index (χ2v) is 3.64. The van der Waals surface area contributed by atoms with Crippen LogP contribution < -0.4 is 0 Å². The largest absolute Gasteiger partial charge is 0.512 e. The van der Waals surface area contributed by atoms with E-state index < -0.39 is 5.60 Å². The summed E-state index contributed by atoms with van der Waals surface area (Å²) < 4.78 is 0. The van der Waals surface area contributed by atoms with Crippen molar-refractivity contribution in [3.63, 3.8) is 0 Å². The van der Waals surface area contributed by atoms with Gasteiger partial charge in [-0.3, -0.25) is 0 Å². The quantitative estimate of drug-likeness (QED) is 0.591. The summed E-state index contributed by atoms with van der Waals surface area (Å²) in [6.45, 7) is 1.70. The molecule has 2 unspecified atom stereocenters. The predicted octanol–water partition coefficient (Wildman–Crippen LogP) is 1.86. The molecular weight excluding hydrogens is 164 g/mol. The lowest BCUT2D eigenvalue weighted by Crippen LogP contribution is -2.36. The number of rotatable bonds is 0. The van der Waals surface area contributed by atoms with Gasteiger partial charge in [-0.1, -0.05) is 30.4 Å². The fourth-order valence-corrected chi connectivity index (χ4v) is 1.86. The first-order chi connectivity index (χ1) is 6.11. The highest BCUT2D eigenvalue weighted by atomic mass is 16.3. The van der Waals surface area contributed by atoms with E-state index in [2.05, 4.69) is 0 Å². The minimum absolute atomic E-state index is 0.225. The second-order valence-electron chi connectivity index (χ2n) is 3.64. The van der Waals surface area contributed by atoms with Crippen molar-refractivity contribution in [3.8, 4) is 0 Å². The Kier molecular flexibility index (Phi) is 1.67. The number of hydrogen-bond acceptors (Lipinski definition) is 2. The topological polar surface area (TPSA) is 40.5 Å². The van der Waals surface area contributed by atoms with E-state index in [1.807, 2.05) is 18.2 Å². The van der Waals surface area contributed by atoms with Crippen LogP contribution in [0.15, 0.2) is 47.8 Å². The van der Waals surface area contributed by atoms with E-state index in [4.69, 9.17) is 0 Å². The summed E-state index contributed by atoms with van der Waals surface area (Å²) in [6, 6.07) is 0. The van der Waals surface area contributed by atoms with E-state index in [0.29, 0.717) is 0 Å². The SMILES string of the molecule is CC1(O)C=CC=C2C=CC=C(O)C21. The van der Waals surface area contributed by atoms with E-state index in [1.165, 1.54) is 0 Å². The van der Waals surface area contributed by atoms with Crippen LogP contribution in [-0.2, 0) is 0 Å². The smallest absolute Gasteiger partial charge is 0.103 e. The Labute approximate surface area is 77.2 Å². The molecule has 2 aliphatic rings. The molecule has 2 heteroatoms. The minimum atomic E-state index is -0.977. The highest BCUT2D eigenvalue weighted by molar-refractivity contribution is 5.44. The molecule has 0 radical (unpaired) electrons. The van der Waals surface area contributed by atoms with Crippen molar-refractivity contribution >= 4 is 0 Å². The lowest BCUT2D eigenvalue weighted by molar-refractivity contribution is 0.0586. The Morgan fingerprint density at radius 3 is 2.77 bits per heavy atom. The lowest BCUT2D eigenvalue weighted by Gasteiger charge is -2.34. The van der Waals surface area contributed by atoms with Crippen LogP contribution in [0, 0.1) is 5.92 Å². The molecule has 0 amide bonds. The molecule has 0 aromatic heterocycles. The predicted molar refractivity (Wildman–Crippen MR) is 51.2 cm³/mol. The minimum Gasteiger partial charge on any atom is -0.512 e. The summed E-state index contributed by atoms with van der Waals surface area (Å²) >= 11 is 0. The van der Waals surface area contributed by atoms with Crippen LogP contribution in [0.3, 0.4) is 0 Å². The average molecular weight is 176 g/mol. The zero-order valence-electron chi connectivity index (χ0n) is 7.44. The summed E-state index contributed by atoms with van der Waals surface area (Å²) in [5.74, 6) is -0.0781. The number of aliphatic hydroxyl groups is 2. The number of fused-ring (bicyclic) bond motifs is 1. The molecule has 0 aliphatic heterocycles. The van der Waals surface area contributed by atoms with Gasteiger partial charge in [0, 0.05) is 0 Å². The summed E-state index contributed by atoms with van der Waals surface area (Å²) in [4.78, 5) is 0. The van der Waals surface area contributed by atoms with Gasteiger partial charge < -0.3 is 10.2 Å². The molecule has 0 heterocycles. The summed E-state index contributed by atoms with van der Waals surface area (Å²) in [5, 5.41) is 19.6. The average Bonchev–Trinajstić information content (AvgIpc) is 2.02. The van der Waals surface area contributed by atoms with E-state index in [9.17, 15) is 10.2 Å². The molecule has 2 nitrogen and oxygen atoms in total. The van der Waals surface area contributed by atoms with Gasteiger partial charge in [-0.2, -0.15) is 0 Å². The maximum absolute atomic E-state index is 9.98. The summed E-state index contributed by atoms with van der Waals surface area (Å²) in [7, 11) is 0. The van der Waals surface area contributed by atoms with Gasteiger partial charge in [-0.05, 0) is 18.6 Å². The standard InChI is InChI=1S/C11H12O2/c1-11(13)7-3-5-8-4-2-6-9(12)10(8)11/h2-7,10,12-13H,1H3. The van der Waals surface area contributed by atoms with Crippen molar-refractivity contribution in [2.24, 2.45) is 5.92 Å². The summed E-state index contributed by atoms with van der Waals surface area (Å²) in [6.07, 6.45) is 10.7. The molecule has 13 heavy (non-hydrogen) atoms. The summed E-state index contributed by atoms with van der Waals surface area (Å²) in [5.41, 5.74) is -0.0254. The van der Waals surface area contributed by atoms with Gasteiger partial charge in [0.05, 0.1) is 11.5 Å². The molecule has 0 bridgehead atoms. The first-order valence-electron chi connectivity index (χ1n) is 4.30. The molecule has 2 rings (SSSR count). The molecule has 2 N–H and O–H groups in total. The molecule has 2 atom stereocenters. The van der Waals surface area contributed by atoms with Crippen molar-refractivity contribution in [3.05, 3.63) is 47.8 Å². The van der Waals surface area contributed by atoms with Gasteiger partial charge in [-0.15, -0.1) is 0 Å². The monoisotopic (exact) mass is 176 g/mol. The zero-order valence-corrected chi connectivity index (χ0v) is 7.44. The van der Waals surface area contributed by atoms with Gasteiger partial charge >= 0.3 is 0 Å². The molecule has 0 fully saturated rings. The van der Waals surface area contributed by atoms with Crippen LogP contribution in [0.25, 0.3) is 0 Å². The van der Waals surface area contributed by atoms with Crippen molar-refractivity contribution in [2.75, 3.05) is 0 Å². The molecule has 0 spiro atoms. The fourth-order valence-electron chi connectivity index (χ4n) is 1.86. The highest BCUT2D eigenvalue weighted by Gasteiger charge is 2.36. The molecule has 2 aliphatic carbocycles. The Hall–Kier alpha value is -1.28. The Morgan fingerprint density at radius 2 is 2.08 bits per heavy atom. The van der Waals surface area contributed by atoms with Gasteiger partial charge in [0.25, 0.3) is 0 Å². The second kappa shape index (κ2) is 2.60. The number of aliphatic hydroxyl groups excluding tert-OH is 1. The van der Waals surface area contributed by atoms with Gasteiger partial charge in [0.1, 0.15) is 5.76 Å². The number of allylic oxidation sites excluding steroid dienone is 5. The third kappa shape index (κ3) is 1.23. The van der Waals surface area contributed by atoms with Crippen LogP contribution >= 0.6 is 0 Å². The Morgan fingerprint density at radius 1 is 1.31 bits per heavy atom. The van der Waals surface area contributed by atoms with Gasteiger partial charge in [0.15, 0.2) is 0 Å². The Bertz CT molecular complexity index is 343. The molecule has 0 saturated heterocycles. The molecule has 0 aromatic carbocycles. The van der Waals surface area contributed by atoms with Crippen molar-refractivity contribution in [1.82, 2.24) is 0 Å². The van der Waals surface area contributed by atoms with Gasteiger partial charge in [0.2, 0.25) is 0 Å². The van der Waals surface area contributed by atoms with Gasteiger partial charge in [-0.25, -0.2) is 0 Å². The third-order valence-electron chi connectivity index (χ3n) is 2.49. The van der Waals surface area contributed by atoms with Crippen LogP contribution in [0.5, 0.6) is 0 Å². The van der Waals surface area contributed by atoms with Crippen LogP contribution in [0.1, 0.15) is 6.92 Å². The first kappa shape index (κ1) is 8.32. The van der Waals surface area contributed by atoms with Crippen LogP contribution in [-0.4, -0.2) is 15.8 Å². The molecule has 0 saturated carbocycles. The molecule has 68 valence electrons. The van der Waals surface area contributed by atoms with E-state index >= 15 is 0 Å². The third-order valence-corrected chi connectivity index (χ3v) is 2.49. The van der Waals surface area contributed by atoms with Crippen LogP contribution in [0.4, 0.5) is 0 Å². The van der Waals surface area contributed by atoms with Crippen molar-refractivity contribution in [1.29, 1.82) is 0 Å². The maximum atomic E-state index is 9.98. The molecule has 0 aromatic rings. The van der Waals surface area contributed by atoms with E-state index in [0.717, 1.165) is 5.57 Å². The number of hydrogen-bond donors (Lipinski definition) is 2. The lowest BCUT2D eigenvalue weighted by atomic mass is 9.76. The normalized spacial score (nSPS) is 36.6. The van der Waals surface area contributed by atoms with E-state index in [-0.39, 0.29) is 11.7 Å². The Balaban J connectivity index is 2.48. The van der Waals surface area contributed by atoms with Crippen LogP contribution in [0.2, 0.25) is 0 Å². The molecular formula is C11H12O2. The zero-order chi connectivity index (χ0) is 9.47. The van der Waals surface area contributed by atoms with E-state index in [1.54, 1.807) is 25.2 Å². The fraction of sp³-hybridized carbons (Fsp3) is 0.273.